The summed E-state index contributed by atoms with van der Waals surface area (Å²) in [6, 6.07) is 7.82. The number of hydrogen-bond acceptors (Lipinski definition) is 5. The van der Waals surface area contributed by atoms with Crippen LogP contribution in [0.4, 0.5) is 0 Å². The minimum atomic E-state index is -3.44. The summed E-state index contributed by atoms with van der Waals surface area (Å²) in [5.74, 6) is 0.663. The molecule has 0 amide bonds. The van der Waals surface area contributed by atoms with Crippen molar-refractivity contribution in [3.8, 4) is 0 Å². The smallest absolute Gasteiger partial charge is 0.346 e. The van der Waals surface area contributed by atoms with Crippen molar-refractivity contribution in [3.05, 3.63) is 51.7 Å². The number of ether oxygens (including phenoxy) is 1. The molecule has 0 spiro atoms. The molecule has 1 aliphatic carbocycles. The van der Waals surface area contributed by atoms with Crippen LogP contribution in [-0.4, -0.2) is 53.9 Å². The molecule has 2 fully saturated rings. The predicted molar refractivity (Wildman–Crippen MR) is 114 cm³/mol. The predicted octanol–water partition coefficient (Wildman–Crippen LogP) is 2.04. The Morgan fingerprint density at radius 1 is 1.23 bits per heavy atom. The minimum Gasteiger partial charge on any atom is -0.383 e. The van der Waals surface area contributed by atoms with Crippen molar-refractivity contribution >= 4 is 10.0 Å². The topological polar surface area (TPSA) is 86.4 Å². The second-order valence-electron chi connectivity index (χ2n) is 8.40. The van der Waals surface area contributed by atoms with Gasteiger partial charge in [-0.15, -0.1) is 0 Å². The van der Waals surface area contributed by atoms with E-state index in [1.165, 1.54) is 4.68 Å². The number of piperidine rings is 1. The average Bonchev–Trinajstić information content (AvgIpc) is 3.49. The first-order valence-electron chi connectivity index (χ1n) is 10.6. The molecule has 8 nitrogen and oxygen atoms in total. The third-order valence-electron chi connectivity index (χ3n) is 5.89. The molecule has 0 radical (unpaired) electrons. The van der Waals surface area contributed by atoms with Gasteiger partial charge in [0.05, 0.1) is 18.9 Å². The molecule has 2 aliphatic rings. The van der Waals surface area contributed by atoms with Crippen molar-refractivity contribution in [2.24, 2.45) is 0 Å². The van der Waals surface area contributed by atoms with E-state index in [4.69, 9.17) is 4.74 Å². The van der Waals surface area contributed by atoms with E-state index in [-0.39, 0.29) is 23.4 Å². The summed E-state index contributed by atoms with van der Waals surface area (Å²) in [6.45, 7) is 3.68. The van der Waals surface area contributed by atoms with Gasteiger partial charge in [0.1, 0.15) is 5.82 Å². The zero-order chi connectivity index (χ0) is 21.3. The number of aryl methyl sites for hydroxylation is 1. The van der Waals surface area contributed by atoms with Crippen LogP contribution >= 0.6 is 0 Å². The van der Waals surface area contributed by atoms with Gasteiger partial charge in [-0.1, -0.05) is 29.8 Å². The SMILES string of the molecule is COCCn1nc(C2CCCN(S(=O)(=O)Cc3cccc(C)c3)C2)n(C2CC2)c1=O. The molecule has 1 unspecified atom stereocenters. The summed E-state index contributed by atoms with van der Waals surface area (Å²) in [7, 11) is -1.84. The lowest BCUT2D eigenvalue weighted by atomic mass is 9.99. The summed E-state index contributed by atoms with van der Waals surface area (Å²) in [6.07, 6.45) is 3.56. The van der Waals surface area contributed by atoms with Crippen molar-refractivity contribution in [1.82, 2.24) is 18.7 Å². The van der Waals surface area contributed by atoms with Crippen LogP contribution in [0.2, 0.25) is 0 Å². The Hall–Kier alpha value is -1.97. The van der Waals surface area contributed by atoms with Gasteiger partial charge < -0.3 is 4.74 Å². The van der Waals surface area contributed by atoms with E-state index in [2.05, 4.69) is 5.10 Å². The van der Waals surface area contributed by atoms with Gasteiger partial charge in [0, 0.05) is 32.2 Å². The Morgan fingerprint density at radius 3 is 2.73 bits per heavy atom. The zero-order valence-electron chi connectivity index (χ0n) is 17.7. The second-order valence-corrected chi connectivity index (χ2v) is 10.4. The lowest BCUT2D eigenvalue weighted by Gasteiger charge is -2.31. The summed E-state index contributed by atoms with van der Waals surface area (Å²) in [4.78, 5) is 12.8. The Labute approximate surface area is 177 Å². The van der Waals surface area contributed by atoms with Crippen LogP contribution in [0.3, 0.4) is 0 Å². The van der Waals surface area contributed by atoms with Crippen LogP contribution in [0.5, 0.6) is 0 Å². The maximum atomic E-state index is 13.1. The van der Waals surface area contributed by atoms with E-state index in [0.29, 0.717) is 26.2 Å². The molecule has 1 aromatic heterocycles. The third-order valence-corrected chi connectivity index (χ3v) is 7.71. The van der Waals surface area contributed by atoms with E-state index in [0.717, 1.165) is 42.6 Å². The molecule has 164 valence electrons. The number of methoxy groups -OCH3 is 1. The van der Waals surface area contributed by atoms with Crippen molar-refractivity contribution in [2.45, 2.75) is 56.9 Å². The Morgan fingerprint density at radius 2 is 2.03 bits per heavy atom. The van der Waals surface area contributed by atoms with Crippen LogP contribution < -0.4 is 5.69 Å². The van der Waals surface area contributed by atoms with Crippen molar-refractivity contribution in [3.63, 3.8) is 0 Å². The first-order chi connectivity index (χ1) is 14.4. The van der Waals surface area contributed by atoms with Gasteiger partial charge in [-0.05, 0) is 38.2 Å². The molecule has 0 bridgehead atoms. The van der Waals surface area contributed by atoms with Crippen LogP contribution in [-0.2, 0) is 27.1 Å². The highest BCUT2D eigenvalue weighted by atomic mass is 32.2. The summed E-state index contributed by atoms with van der Waals surface area (Å²) >= 11 is 0. The van der Waals surface area contributed by atoms with E-state index in [1.54, 1.807) is 16.0 Å². The summed E-state index contributed by atoms with van der Waals surface area (Å²) in [5.41, 5.74) is 1.74. The van der Waals surface area contributed by atoms with Crippen LogP contribution in [0.25, 0.3) is 0 Å². The molecule has 1 aromatic carbocycles. The minimum absolute atomic E-state index is 0.000883. The van der Waals surface area contributed by atoms with Crippen LogP contribution in [0, 0.1) is 6.92 Å². The Kier molecular flexibility index (Phi) is 6.13. The number of aromatic nitrogens is 3. The van der Waals surface area contributed by atoms with E-state index in [1.807, 2.05) is 31.2 Å². The number of nitrogens with zero attached hydrogens (tertiary/aromatic N) is 4. The highest BCUT2D eigenvalue weighted by molar-refractivity contribution is 7.88. The van der Waals surface area contributed by atoms with Gasteiger partial charge in [0.25, 0.3) is 0 Å². The molecule has 1 saturated carbocycles. The zero-order valence-corrected chi connectivity index (χ0v) is 18.5. The lowest BCUT2D eigenvalue weighted by Crippen LogP contribution is -2.40. The molecule has 1 aliphatic heterocycles. The van der Waals surface area contributed by atoms with E-state index >= 15 is 0 Å². The van der Waals surface area contributed by atoms with Crippen molar-refractivity contribution in [2.75, 3.05) is 26.8 Å². The lowest BCUT2D eigenvalue weighted by molar-refractivity contribution is 0.182. The first kappa shape index (κ1) is 21.3. The standard InChI is InChI=1S/C21H30N4O4S/c1-16-5-3-6-17(13-16)15-30(27,28)23-10-4-7-18(14-23)20-22-24(11-12-29-2)21(26)25(20)19-8-9-19/h3,5-6,13,18-19H,4,7-12,14-15H2,1-2H3. The molecule has 9 heteroatoms. The number of hydrogen-bond donors (Lipinski definition) is 0. The average molecular weight is 435 g/mol. The molecular weight excluding hydrogens is 404 g/mol. The normalized spacial score (nSPS) is 20.5. The largest absolute Gasteiger partial charge is 0.383 e. The first-order valence-corrected chi connectivity index (χ1v) is 12.2. The Bertz CT molecular complexity index is 1060. The molecule has 1 atom stereocenters. The molecular formula is C21H30N4O4S. The van der Waals surface area contributed by atoms with Gasteiger partial charge in [-0.25, -0.2) is 22.2 Å². The second kappa shape index (κ2) is 8.64. The Balaban J connectivity index is 1.56. The van der Waals surface area contributed by atoms with Crippen molar-refractivity contribution in [1.29, 1.82) is 0 Å². The highest BCUT2D eigenvalue weighted by Gasteiger charge is 2.36. The fourth-order valence-electron chi connectivity index (χ4n) is 4.22. The quantitative estimate of drug-likeness (QED) is 0.635. The molecule has 4 rings (SSSR count). The third kappa shape index (κ3) is 4.53. The molecule has 2 aromatic rings. The number of sulfonamides is 1. The highest BCUT2D eigenvalue weighted by Crippen LogP contribution is 2.37. The van der Waals surface area contributed by atoms with E-state index in [9.17, 15) is 13.2 Å². The van der Waals surface area contributed by atoms with Gasteiger partial charge >= 0.3 is 5.69 Å². The molecule has 2 heterocycles. The number of rotatable bonds is 8. The fraction of sp³-hybridized carbons (Fsp3) is 0.619. The van der Waals surface area contributed by atoms with Crippen molar-refractivity contribution < 1.29 is 13.2 Å². The van der Waals surface area contributed by atoms with Gasteiger partial charge in [-0.2, -0.15) is 5.10 Å². The van der Waals surface area contributed by atoms with E-state index < -0.39 is 10.0 Å². The summed E-state index contributed by atoms with van der Waals surface area (Å²) < 4.78 is 36.2. The van der Waals surface area contributed by atoms with Gasteiger partial charge in [0.15, 0.2) is 0 Å². The maximum Gasteiger partial charge on any atom is 0.346 e. The van der Waals surface area contributed by atoms with Crippen LogP contribution in [0.1, 0.15) is 54.6 Å². The number of benzene rings is 1. The maximum absolute atomic E-state index is 13.1. The monoisotopic (exact) mass is 434 g/mol. The molecule has 1 saturated heterocycles. The summed E-state index contributed by atoms with van der Waals surface area (Å²) in [5, 5.41) is 4.61. The van der Waals surface area contributed by atoms with Gasteiger partial charge in [0.2, 0.25) is 10.0 Å². The molecule has 30 heavy (non-hydrogen) atoms. The molecule has 0 N–H and O–H groups in total. The van der Waals surface area contributed by atoms with Crippen LogP contribution in [0.15, 0.2) is 29.1 Å². The van der Waals surface area contributed by atoms with Gasteiger partial charge in [-0.3, -0.25) is 4.57 Å². The fourth-order valence-corrected chi connectivity index (χ4v) is 5.82.